The van der Waals surface area contributed by atoms with E-state index in [1.165, 1.54) is 36.7 Å². The molecule has 8 heteroatoms. The molecule has 0 radical (unpaired) electrons. The standard InChI is InChI=1S/C21H16FN3O4/c22-16-3-1-2-4-17(16)25-21(27)15-8-14(10-23-11-15)20(26)24-9-13-5-6-18-19(7-13)29-12-28-18/h1-8,10-11H,9,12H2,(H,24,26)(H,25,27). The summed E-state index contributed by atoms with van der Waals surface area (Å²) in [4.78, 5) is 28.7. The lowest BCUT2D eigenvalue weighted by Crippen LogP contribution is -2.23. The van der Waals surface area contributed by atoms with Crippen LogP contribution in [-0.2, 0) is 6.54 Å². The molecule has 0 fully saturated rings. The molecule has 0 saturated heterocycles. The lowest BCUT2D eigenvalue weighted by molar-refractivity contribution is 0.0950. The van der Waals surface area contributed by atoms with Crippen LogP contribution >= 0.6 is 0 Å². The van der Waals surface area contributed by atoms with Crippen LogP contribution in [-0.4, -0.2) is 23.6 Å². The molecule has 29 heavy (non-hydrogen) atoms. The maximum absolute atomic E-state index is 13.7. The van der Waals surface area contributed by atoms with E-state index in [-0.39, 0.29) is 30.2 Å². The van der Waals surface area contributed by atoms with Gasteiger partial charge >= 0.3 is 0 Å². The third-order valence-corrected chi connectivity index (χ3v) is 4.27. The Morgan fingerprint density at radius 2 is 1.72 bits per heavy atom. The Hall–Kier alpha value is -3.94. The van der Waals surface area contributed by atoms with Crippen LogP contribution in [0.25, 0.3) is 0 Å². The van der Waals surface area contributed by atoms with E-state index >= 15 is 0 Å². The number of anilines is 1. The molecule has 0 bridgehead atoms. The van der Waals surface area contributed by atoms with E-state index in [4.69, 9.17) is 9.47 Å². The zero-order chi connectivity index (χ0) is 20.2. The van der Waals surface area contributed by atoms with Gasteiger partial charge in [0, 0.05) is 18.9 Å². The summed E-state index contributed by atoms with van der Waals surface area (Å²) in [6.07, 6.45) is 2.67. The van der Waals surface area contributed by atoms with Gasteiger partial charge in [0.1, 0.15) is 5.82 Å². The molecule has 1 aromatic heterocycles. The third kappa shape index (κ3) is 4.16. The fourth-order valence-electron chi connectivity index (χ4n) is 2.78. The van der Waals surface area contributed by atoms with Crippen molar-refractivity contribution in [3.05, 3.63) is 83.4 Å². The molecule has 2 heterocycles. The van der Waals surface area contributed by atoms with E-state index < -0.39 is 17.6 Å². The van der Waals surface area contributed by atoms with E-state index in [0.29, 0.717) is 11.5 Å². The third-order valence-electron chi connectivity index (χ3n) is 4.27. The van der Waals surface area contributed by atoms with Crippen molar-refractivity contribution in [3.63, 3.8) is 0 Å². The van der Waals surface area contributed by atoms with Crippen molar-refractivity contribution in [2.24, 2.45) is 0 Å². The number of nitrogens with zero attached hydrogens (tertiary/aromatic N) is 1. The summed E-state index contributed by atoms with van der Waals surface area (Å²) in [7, 11) is 0. The first-order valence-electron chi connectivity index (χ1n) is 8.78. The van der Waals surface area contributed by atoms with E-state index in [9.17, 15) is 14.0 Å². The summed E-state index contributed by atoms with van der Waals surface area (Å²) in [5.41, 5.74) is 1.25. The number of halogens is 1. The number of carbonyl (C=O) groups excluding carboxylic acids is 2. The first-order valence-corrected chi connectivity index (χ1v) is 8.78. The SMILES string of the molecule is O=C(NCc1ccc2c(c1)OCO2)c1cncc(C(=O)Nc2ccccc2F)c1. The number of fused-ring (bicyclic) bond motifs is 1. The first-order chi connectivity index (χ1) is 14.1. The monoisotopic (exact) mass is 393 g/mol. The molecule has 0 spiro atoms. The van der Waals surface area contributed by atoms with Crippen molar-refractivity contribution in [1.29, 1.82) is 0 Å². The molecule has 0 unspecified atom stereocenters. The molecule has 0 saturated carbocycles. The zero-order valence-electron chi connectivity index (χ0n) is 15.1. The van der Waals surface area contributed by atoms with Crippen molar-refractivity contribution >= 4 is 17.5 Å². The summed E-state index contributed by atoms with van der Waals surface area (Å²) in [6, 6.07) is 12.6. The summed E-state index contributed by atoms with van der Waals surface area (Å²) in [5, 5.41) is 5.23. The molecule has 1 aliphatic rings. The Kier molecular flexibility index (Phi) is 5.07. The Morgan fingerprint density at radius 1 is 0.966 bits per heavy atom. The van der Waals surface area contributed by atoms with Crippen LogP contribution in [0.3, 0.4) is 0 Å². The summed E-state index contributed by atoms with van der Waals surface area (Å²) in [6.45, 7) is 0.444. The maximum atomic E-state index is 13.7. The minimum absolute atomic E-state index is 0.0511. The van der Waals surface area contributed by atoms with Gasteiger partial charge in [0.2, 0.25) is 6.79 Å². The Labute approximate surface area is 165 Å². The molecular formula is C21H16FN3O4. The second kappa shape index (κ2) is 7.97. The highest BCUT2D eigenvalue weighted by Gasteiger charge is 2.15. The number of carbonyl (C=O) groups is 2. The fourth-order valence-corrected chi connectivity index (χ4v) is 2.78. The van der Waals surface area contributed by atoms with Crippen molar-refractivity contribution < 1.29 is 23.5 Å². The molecule has 146 valence electrons. The van der Waals surface area contributed by atoms with E-state index in [1.807, 2.05) is 6.07 Å². The minimum Gasteiger partial charge on any atom is -0.454 e. The van der Waals surface area contributed by atoms with Crippen molar-refractivity contribution in [2.45, 2.75) is 6.54 Å². The molecule has 2 N–H and O–H groups in total. The van der Waals surface area contributed by atoms with Gasteiger partial charge in [0.15, 0.2) is 11.5 Å². The number of ether oxygens (including phenoxy) is 2. The number of benzene rings is 2. The predicted octanol–water partition coefficient (Wildman–Crippen LogP) is 3.13. The molecule has 4 rings (SSSR count). The predicted molar refractivity (Wildman–Crippen MR) is 102 cm³/mol. The summed E-state index contributed by atoms with van der Waals surface area (Å²) >= 11 is 0. The molecule has 0 aliphatic carbocycles. The number of hydrogen-bond donors (Lipinski definition) is 2. The molecule has 2 aromatic carbocycles. The lowest BCUT2D eigenvalue weighted by Gasteiger charge is -2.08. The van der Waals surface area contributed by atoms with Gasteiger partial charge in [-0.05, 0) is 35.9 Å². The van der Waals surface area contributed by atoms with Gasteiger partial charge in [-0.15, -0.1) is 0 Å². The Balaban J connectivity index is 1.42. The normalized spacial score (nSPS) is 11.8. The van der Waals surface area contributed by atoms with E-state index in [1.54, 1.807) is 18.2 Å². The average molecular weight is 393 g/mol. The highest BCUT2D eigenvalue weighted by atomic mass is 19.1. The Bertz CT molecular complexity index is 1090. The van der Waals surface area contributed by atoms with Gasteiger partial charge in [0.25, 0.3) is 11.8 Å². The molecule has 0 atom stereocenters. The van der Waals surface area contributed by atoms with Crippen molar-refractivity contribution in [2.75, 3.05) is 12.1 Å². The van der Waals surface area contributed by atoms with Crippen molar-refractivity contribution in [3.8, 4) is 11.5 Å². The van der Waals surface area contributed by atoms with Crippen LogP contribution in [0.2, 0.25) is 0 Å². The maximum Gasteiger partial charge on any atom is 0.257 e. The Morgan fingerprint density at radius 3 is 2.55 bits per heavy atom. The second-order valence-corrected chi connectivity index (χ2v) is 6.27. The fraction of sp³-hybridized carbons (Fsp3) is 0.0952. The van der Waals surface area contributed by atoms with Gasteiger partial charge in [-0.1, -0.05) is 18.2 Å². The average Bonchev–Trinajstić information content (AvgIpc) is 3.21. The highest BCUT2D eigenvalue weighted by Crippen LogP contribution is 2.32. The zero-order valence-corrected chi connectivity index (χ0v) is 15.1. The first kappa shape index (κ1) is 18.4. The second-order valence-electron chi connectivity index (χ2n) is 6.27. The lowest BCUT2D eigenvalue weighted by atomic mass is 10.1. The quantitative estimate of drug-likeness (QED) is 0.695. The topological polar surface area (TPSA) is 89.6 Å². The van der Waals surface area contributed by atoms with Gasteiger partial charge in [-0.3, -0.25) is 14.6 Å². The number of aromatic nitrogens is 1. The number of nitrogens with one attached hydrogen (secondary N) is 2. The van der Waals surface area contributed by atoms with Gasteiger partial charge in [0.05, 0.1) is 16.8 Å². The molecule has 1 aliphatic heterocycles. The highest BCUT2D eigenvalue weighted by molar-refractivity contribution is 6.05. The van der Waals surface area contributed by atoms with Crippen molar-refractivity contribution in [1.82, 2.24) is 10.3 Å². The minimum atomic E-state index is -0.562. The molecule has 2 amide bonds. The number of hydrogen-bond acceptors (Lipinski definition) is 5. The smallest absolute Gasteiger partial charge is 0.257 e. The van der Waals surface area contributed by atoms with Crippen LogP contribution < -0.4 is 20.1 Å². The summed E-state index contributed by atoms with van der Waals surface area (Å²) < 4.78 is 24.3. The molecular weight excluding hydrogens is 377 g/mol. The number of rotatable bonds is 5. The number of pyridine rings is 1. The van der Waals surface area contributed by atoms with E-state index in [0.717, 1.165) is 5.56 Å². The molecule has 3 aromatic rings. The van der Waals surface area contributed by atoms with Crippen LogP contribution in [0.15, 0.2) is 60.9 Å². The van der Waals surface area contributed by atoms with E-state index in [2.05, 4.69) is 15.6 Å². The van der Waals surface area contributed by atoms with Crippen LogP contribution in [0.5, 0.6) is 11.5 Å². The van der Waals surface area contributed by atoms with Crippen LogP contribution in [0.1, 0.15) is 26.3 Å². The van der Waals surface area contributed by atoms with Gasteiger partial charge in [-0.25, -0.2) is 4.39 Å². The molecule has 7 nitrogen and oxygen atoms in total. The number of amides is 2. The van der Waals surface area contributed by atoms with Crippen LogP contribution in [0.4, 0.5) is 10.1 Å². The van der Waals surface area contributed by atoms with Gasteiger partial charge < -0.3 is 20.1 Å². The van der Waals surface area contributed by atoms with Crippen LogP contribution in [0, 0.1) is 5.82 Å². The largest absolute Gasteiger partial charge is 0.454 e. The number of para-hydroxylation sites is 1. The summed E-state index contributed by atoms with van der Waals surface area (Å²) in [5.74, 6) is -0.210. The van der Waals surface area contributed by atoms with Gasteiger partial charge in [-0.2, -0.15) is 0 Å².